The molecule has 11 atom stereocenters. The average molecular weight is 475 g/mol. The van der Waals surface area contributed by atoms with Crippen LogP contribution < -0.4 is 0 Å². The van der Waals surface area contributed by atoms with E-state index in [-0.39, 0.29) is 39.6 Å². The minimum atomic E-state index is -0.785. The normalized spacial score (nSPS) is 58.6. The highest BCUT2D eigenvalue weighted by molar-refractivity contribution is 5.76. The van der Waals surface area contributed by atoms with Gasteiger partial charge in [-0.2, -0.15) is 0 Å². The van der Waals surface area contributed by atoms with Gasteiger partial charge in [0.05, 0.1) is 17.1 Å². The highest BCUT2D eigenvalue weighted by Gasteiger charge is 2.72. The molecule has 0 heterocycles. The smallest absolute Gasteiger partial charge is 0.309 e. The summed E-state index contributed by atoms with van der Waals surface area (Å²) in [4.78, 5) is 12.8. The van der Waals surface area contributed by atoms with Crippen molar-refractivity contribution in [2.24, 2.45) is 56.7 Å². The maximum atomic E-state index is 12.8. The van der Waals surface area contributed by atoms with Crippen molar-refractivity contribution in [3.63, 3.8) is 0 Å². The van der Waals surface area contributed by atoms with Crippen LogP contribution in [0.25, 0.3) is 0 Å². The third-order valence-electron chi connectivity index (χ3n) is 14.1. The number of carbonyl (C=O) groups is 1. The summed E-state index contributed by atoms with van der Waals surface area (Å²) in [5.41, 5.74) is -1.01. The Labute approximate surface area is 207 Å². The molecule has 0 bridgehead atoms. The van der Waals surface area contributed by atoms with Crippen molar-refractivity contribution in [3.05, 3.63) is 0 Å². The van der Waals surface area contributed by atoms with Crippen molar-refractivity contribution in [3.8, 4) is 0 Å². The standard InChI is InChI=1S/C30H50O4/c1-18-23-19-8-9-21-26(4)12-11-22(31)25(2,3)20(26)10-13-28(21,6)27(19,5)14-16-30(23,24(32)33)17-15-29(18,7)34/h18-23,31,34H,8-17H2,1-7H3,(H,32,33)/t18-,19-,20+,21-,22+,23+,26+,27-,28-,29-,30-/m1/s1. The van der Waals surface area contributed by atoms with E-state index in [1.165, 1.54) is 6.42 Å². The molecule has 0 aromatic carbocycles. The molecule has 4 nitrogen and oxygen atoms in total. The zero-order chi connectivity index (χ0) is 25.1. The van der Waals surface area contributed by atoms with E-state index in [2.05, 4.69) is 41.5 Å². The Bertz CT molecular complexity index is 864. The van der Waals surface area contributed by atoms with E-state index >= 15 is 0 Å². The Hall–Kier alpha value is -0.610. The molecule has 0 aliphatic heterocycles. The zero-order valence-electron chi connectivity index (χ0n) is 22.8. The Kier molecular flexibility index (Phi) is 5.34. The van der Waals surface area contributed by atoms with E-state index in [4.69, 9.17) is 0 Å². The van der Waals surface area contributed by atoms with Gasteiger partial charge in [-0.3, -0.25) is 4.79 Å². The lowest BCUT2D eigenvalue weighted by Crippen LogP contribution is -2.69. The second kappa shape index (κ2) is 7.24. The lowest BCUT2D eigenvalue weighted by molar-refractivity contribution is -0.265. The van der Waals surface area contributed by atoms with Crippen LogP contribution in [0.5, 0.6) is 0 Å². The third kappa shape index (κ3) is 2.82. The van der Waals surface area contributed by atoms with Crippen molar-refractivity contribution < 1.29 is 20.1 Å². The summed E-state index contributed by atoms with van der Waals surface area (Å²) in [6.45, 7) is 16.3. The summed E-state index contributed by atoms with van der Waals surface area (Å²) in [5, 5.41) is 32.8. The number of aliphatic hydroxyl groups is 2. The highest BCUT2D eigenvalue weighted by atomic mass is 16.4. The minimum Gasteiger partial charge on any atom is -0.481 e. The molecule has 0 amide bonds. The van der Waals surface area contributed by atoms with Crippen LogP contribution in [0.15, 0.2) is 0 Å². The predicted molar refractivity (Wildman–Crippen MR) is 134 cm³/mol. The third-order valence-corrected chi connectivity index (χ3v) is 14.1. The van der Waals surface area contributed by atoms with Crippen LogP contribution in [-0.2, 0) is 4.79 Å². The SMILES string of the molecule is C[C@@H]1[C@H]2[C@H]3CC[C@@H]4[C@@]5(C)CC[C@H](O)C(C)(C)[C@@H]5CC[C@@]4(C)[C@]3(C)CC[C@@]2(C(=O)O)CC[C@@]1(C)O. The van der Waals surface area contributed by atoms with Crippen molar-refractivity contribution >= 4 is 5.97 Å². The van der Waals surface area contributed by atoms with Gasteiger partial charge in [-0.15, -0.1) is 0 Å². The Morgan fingerprint density at radius 2 is 1.41 bits per heavy atom. The van der Waals surface area contributed by atoms with E-state index in [1.807, 2.05) is 6.92 Å². The highest BCUT2D eigenvalue weighted by Crippen LogP contribution is 2.77. The first-order chi connectivity index (χ1) is 15.6. The first-order valence-corrected chi connectivity index (χ1v) is 14.2. The quantitative estimate of drug-likeness (QED) is 0.418. The largest absolute Gasteiger partial charge is 0.481 e. The summed E-state index contributed by atoms with van der Waals surface area (Å²) in [5.74, 6) is 0.926. The minimum absolute atomic E-state index is 0.00203. The first-order valence-electron chi connectivity index (χ1n) is 14.2. The van der Waals surface area contributed by atoms with Gasteiger partial charge in [0.15, 0.2) is 0 Å². The molecule has 0 aromatic heterocycles. The second-order valence-corrected chi connectivity index (χ2v) is 15.2. The molecule has 5 fully saturated rings. The lowest BCUT2D eigenvalue weighted by atomic mass is 9.31. The molecule has 5 aliphatic rings. The van der Waals surface area contributed by atoms with Crippen molar-refractivity contribution in [1.29, 1.82) is 0 Å². The average Bonchev–Trinajstić information content (AvgIpc) is 2.74. The molecule has 0 aromatic rings. The summed E-state index contributed by atoms with van der Waals surface area (Å²) < 4.78 is 0. The molecule has 3 N–H and O–H groups in total. The Balaban J connectivity index is 1.57. The van der Waals surface area contributed by atoms with E-state index in [0.717, 1.165) is 44.9 Å². The van der Waals surface area contributed by atoms with Crippen LogP contribution in [-0.4, -0.2) is 33.0 Å². The number of fused-ring (bicyclic) bond motifs is 7. The van der Waals surface area contributed by atoms with Gasteiger partial charge in [-0.1, -0.05) is 41.5 Å². The molecule has 4 heteroatoms. The molecule has 0 unspecified atom stereocenters. The van der Waals surface area contributed by atoms with Crippen LogP contribution in [0.1, 0.15) is 113 Å². The van der Waals surface area contributed by atoms with Crippen LogP contribution in [0.3, 0.4) is 0 Å². The van der Waals surface area contributed by atoms with Gasteiger partial charge in [0, 0.05) is 0 Å². The lowest BCUT2D eigenvalue weighted by Gasteiger charge is -2.73. The predicted octanol–water partition coefficient (Wildman–Crippen LogP) is 6.28. The number of carboxylic acid groups (broad SMARTS) is 1. The van der Waals surface area contributed by atoms with E-state index in [1.54, 1.807) is 0 Å². The number of aliphatic carboxylic acids is 1. The van der Waals surface area contributed by atoms with E-state index < -0.39 is 17.0 Å². The topological polar surface area (TPSA) is 77.8 Å². The fourth-order valence-electron chi connectivity index (χ4n) is 11.6. The molecule has 5 aliphatic carbocycles. The molecule has 5 rings (SSSR count). The summed E-state index contributed by atoms with van der Waals surface area (Å²) in [6, 6.07) is 0. The summed E-state index contributed by atoms with van der Waals surface area (Å²) >= 11 is 0. The Morgan fingerprint density at radius 1 is 0.765 bits per heavy atom. The first kappa shape index (κ1) is 25.1. The monoisotopic (exact) mass is 474 g/mol. The number of rotatable bonds is 1. The zero-order valence-corrected chi connectivity index (χ0v) is 22.8. The second-order valence-electron chi connectivity index (χ2n) is 15.2. The number of hydrogen-bond acceptors (Lipinski definition) is 3. The molecule has 0 radical (unpaired) electrons. The molecular formula is C30H50O4. The number of carboxylic acids is 1. The van der Waals surface area contributed by atoms with Gasteiger partial charge in [-0.25, -0.2) is 0 Å². The summed E-state index contributed by atoms with van der Waals surface area (Å²) in [6.07, 6.45) is 9.35. The maximum Gasteiger partial charge on any atom is 0.309 e. The van der Waals surface area contributed by atoms with E-state index in [0.29, 0.717) is 30.6 Å². The molecule has 5 saturated carbocycles. The van der Waals surface area contributed by atoms with Gasteiger partial charge >= 0.3 is 5.97 Å². The van der Waals surface area contributed by atoms with Crippen LogP contribution >= 0.6 is 0 Å². The van der Waals surface area contributed by atoms with Crippen LogP contribution in [0, 0.1) is 56.7 Å². The van der Waals surface area contributed by atoms with Crippen molar-refractivity contribution in [1.82, 2.24) is 0 Å². The fourth-order valence-corrected chi connectivity index (χ4v) is 11.6. The maximum absolute atomic E-state index is 12.8. The number of hydrogen-bond donors (Lipinski definition) is 3. The molecule has 0 saturated heterocycles. The Morgan fingerprint density at radius 3 is 2.06 bits per heavy atom. The molecule has 194 valence electrons. The fraction of sp³-hybridized carbons (Fsp3) is 0.967. The number of aliphatic hydroxyl groups excluding tert-OH is 1. The molecular weight excluding hydrogens is 424 g/mol. The van der Waals surface area contributed by atoms with Gasteiger partial charge in [0.1, 0.15) is 0 Å². The van der Waals surface area contributed by atoms with Gasteiger partial charge in [0.2, 0.25) is 0 Å². The van der Waals surface area contributed by atoms with Gasteiger partial charge < -0.3 is 15.3 Å². The van der Waals surface area contributed by atoms with Crippen LogP contribution in [0.2, 0.25) is 0 Å². The molecule has 0 spiro atoms. The van der Waals surface area contributed by atoms with E-state index in [9.17, 15) is 20.1 Å². The van der Waals surface area contributed by atoms with Crippen molar-refractivity contribution in [2.45, 2.75) is 124 Å². The summed E-state index contributed by atoms with van der Waals surface area (Å²) in [7, 11) is 0. The molecule has 34 heavy (non-hydrogen) atoms. The van der Waals surface area contributed by atoms with Crippen molar-refractivity contribution in [2.75, 3.05) is 0 Å². The van der Waals surface area contributed by atoms with Gasteiger partial charge in [-0.05, 0) is 122 Å². The van der Waals surface area contributed by atoms with Crippen LogP contribution in [0.4, 0.5) is 0 Å². The van der Waals surface area contributed by atoms with Gasteiger partial charge in [0.25, 0.3) is 0 Å².